The molecule has 0 amide bonds. The minimum Gasteiger partial charge on any atom is -0.477 e. The van der Waals surface area contributed by atoms with Crippen molar-refractivity contribution in [1.29, 1.82) is 0 Å². The summed E-state index contributed by atoms with van der Waals surface area (Å²) in [6.07, 6.45) is 3.18. The van der Waals surface area contributed by atoms with Crippen LogP contribution in [0.15, 0.2) is 29.0 Å². The van der Waals surface area contributed by atoms with E-state index in [2.05, 4.69) is 20.9 Å². The van der Waals surface area contributed by atoms with Gasteiger partial charge >= 0.3 is 5.97 Å². The Morgan fingerprint density at radius 2 is 2.31 bits per heavy atom. The summed E-state index contributed by atoms with van der Waals surface area (Å²) in [5, 5.41) is 8.90. The molecule has 0 saturated heterocycles. The second-order valence-electron chi connectivity index (χ2n) is 2.49. The lowest BCUT2D eigenvalue weighted by Gasteiger charge is -2.01. The number of fused-ring (bicyclic) bond motifs is 1. The van der Waals surface area contributed by atoms with Crippen molar-refractivity contribution in [1.82, 2.24) is 9.38 Å². The molecule has 0 bridgehead atoms. The van der Waals surface area contributed by atoms with Crippen LogP contribution in [0.1, 0.15) is 10.5 Å². The maximum absolute atomic E-state index is 10.9. The van der Waals surface area contributed by atoms with Crippen LogP contribution < -0.4 is 0 Å². The number of rotatable bonds is 1. The molecule has 0 aliphatic rings. The van der Waals surface area contributed by atoms with Gasteiger partial charge in [-0.1, -0.05) is 0 Å². The van der Waals surface area contributed by atoms with Crippen LogP contribution in [-0.4, -0.2) is 20.5 Å². The fourth-order valence-corrected chi connectivity index (χ4v) is 1.67. The van der Waals surface area contributed by atoms with Gasteiger partial charge in [0.2, 0.25) is 0 Å². The Labute approximate surface area is 82.0 Å². The van der Waals surface area contributed by atoms with Gasteiger partial charge in [-0.2, -0.15) is 0 Å². The zero-order chi connectivity index (χ0) is 9.42. The van der Waals surface area contributed by atoms with Gasteiger partial charge in [0, 0.05) is 16.9 Å². The quantitative estimate of drug-likeness (QED) is 0.828. The van der Waals surface area contributed by atoms with Gasteiger partial charge in [-0.25, -0.2) is 9.78 Å². The molecule has 0 saturated carbocycles. The van der Waals surface area contributed by atoms with Crippen molar-refractivity contribution in [2.75, 3.05) is 0 Å². The van der Waals surface area contributed by atoms with Crippen LogP contribution in [0.5, 0.6) is 0 Å². The van der Waals surface area contributed by atoms with Gasteiger partial charge in [0.1, 0.15) is 11.3 Å². The lowest BCUT2D eigenvalue weighted by Crippen LogP contribution is -2.05. The van der Waals surface area contributed by atoms with Gasteiger partial charge in [0.25, 0.3) is 0 Å². The molecule has 0 aromatic carbocycles. The summed E-state index contributed by atoms with van der Waals surface area (Å²) >= 11 is 3.17. The Hall–Kier alpha value is -1.36. The molecule has 0 radical (unpaired) electrons. The van der Waals surface area contributed by atoms with Crippen molar-refractivity contribution < 1.29 is 9.90 Å². The number of carboxylic acids is 1. The Morgan fingerprint density at radius 1 is 1.54 bits per heavy atom. The number of nitrogens with zero attached hydrogens (tertiary/aromatic N) is 2. The molecule has 0 aliphatic heterocycles. The maximum Gasteiger partial charge on any atom is 0.354 e. The van der Waals surface area contributed by atoms with E-state index in [-0.39, 0.29) is 5.69 Å². The summed E-state index contributed by atoms with van der Waals surface area (Å²) in [5.74, 6) is -0.976. The normalized spacial score (nSPS) is 10.5. The third-order valence-electron chi connectivity index (χ3n) is 1.72. The molecule has 2 heterocycles. The molecule has 66 valence electrons. The van der Waals surface area contributed by atoms with E-state index in [4.69, 9.17) is 5.11 Å². The first-order valence-corrected chi connectivity index (χ1v) is 4.34. The molecule has 2 rings (SSSR count). The van der Waals surface area contributed by atoms with Crippen LogP contribution in [0.2, 0.25) is 0 Å². The zero-order valence-corrected chi connectivity index (χ0v) is 8.02. The van der Waals surface area contributed by atoms with Crippen LogP contribution in [-0.2, 0) is 0 Å². The first-order valence-electron chi connectivity index (χ1n) is 3.55. The molecule has 2 aromatic heterocycles. The first kappa shape index (κ1) is 8.25. The van der Waals surface area contributed by atoms with E-state index in [1.54, 1.807) is 24.5 Å². The summed E-state index contributed by atoms with van der Waals surface area (Å²) < 4.78 is 2.07. The number of carboxylic acid groups (broad SMARTS) is 1. The van der Waals surface area contributed by atoms with E-state index in [0.29, 0.717) is 10.1 Å². The fraction of sp³-hybridized carbons (Fsp3) is 0. The molecule has 0 unspecified atom stereocenters. The number of aromatic carboxylic acids is 1. The number of carbonyl (C=O) groups is 1. The van der Waals surface area contributed by atoms with Gasteiger partial charge in [0.05, 0.1) is 0 Å². The highest BCUT2D eigenvalue weighted by atomic mass is 79.9. The summed E-state index contributed by atoms with van der Waals surface area (Å²) in [4.78, 5) is 14.8. The van der Waals surface area contributed by atoms with Crippen LogP contribution in [0.3, 0.4) is 0 Å². The number of hydrogen-bond donors (Lipinski definition) is 1. The van der Waals surface area contributed by atoms with Gasteiger partial charge in [-0.3, -0.25) is 4.40 Å². The van der Waals surface area contributed by atoms with Crippen LogP contribution in [0.25, 0.3) is 5.65 Å². The third-order valence-corrected chi connectivity index (χ3v) is 2.36. The lowest BCUT2D eigenvalue weighted by molar-refractivity contribution is 0.0687. The average molecular weight is 241 g/mol. The number of halogens is 1. The second kappa shape index (κ2) is 2.85. The fourth-order valence-electron chi connectivity index (χ4n) is 1.17. The van der Waals surface area contributed by atoms with Crippen molar-refractivity contribution in [3.8, 4) is 0 Å². The minimum atomic E-state index is -0.976. The van der Waals surface area contributed by atoms with Gasteiger partial charge < -0.3 is 5.11 Å². The van der Waals surface area contributed by atoms with E-state index in [9.17, 15) is 4.79 Å². The van der Waals surface area contributed by atoms with E-state index in [0.717, 1.165) is 0 Å². The predicted octanol–water partition coefficient (Wildman–Crippen LogP) is 1.79. The number of aromatic nitrogens is 2. The monoisotopic (exact) mass is 240 g/mol. The molecule has 0 fully saturated rings. The summed E-state index contributed by atoms with van der Waals surface area (Å²) in [7, 11) is 0. The molecule has 0 atom stereocenters. The second-order valence-corrected chi connectivity index (χ2v) is 3.34. The van der Waals surface area contributed by atoms with Crippen LogP contribution >= 0.6 is 15.9 Å². The highest BCUT2D eigenvalue weighted by Crippen LogP contribution is 2.18. The molecule has 13 heavy (non-hydrogen) atoms. The van der Waals surface area contributed by atoms with Crippen molar-refractivity contribution in [2.24, 2.45) is 0 Å². The average Bonchev–Trinajstić information content (AvgIpc) is 2.50. The highest BCUT2D eigenvalue weighted by Gasteiger charge is 2.12. The Morgan fingerprint density at radius 3 is 3.00 bits per heavy atom. The highest BCUT2D eigenvalue weighted by molar-refractivity contribution is 9.10. The summed E-state index contributed by atoms with van der Waals surface area (Å²) in [6, 6.07) is 3.42. The smallest absolute Gasteiger partial charge is 0.354 e. The molecular formula is C8H5BrN2O2. The van der Waals surface area contributed by atoms with Gasteiger partial charge in [0.15, 0.2) is 0 Å². The number of imidazole rings is 1. The number of hydrogen-bond acceptors (Lipinski definition) is 2. The molecule has 0 spiro atoms. The lowest BCUT2D eigenvalue weighted by atomic mass is 10.3. The standard InChI is InChI=1S/C8H5BrN2O2/c9-5-1-2-6-10-3-4-11(6)7(5)8(12)13/h1-4H,(H,12,13). The van der Waals surface area contributed by atoms with E-state index >= 15 is 0 Å². The maximum atomic E-state index is 10.9. The van der Waals surface area contributed by atoms with Crippen molar-refractivity contribution in [2.45, 2.75) is 0 Å². The zero-order valence-electron chi connectivity index (χ0n) is 6.44. The predicted molar refractivity (Wildman–Crippen MR) is 49.9 cm³/mol. The molecule has 5 heteroatoms. The Kier molecular flexibility index (Phi) is 1.81. The largest absolute Gasteiger partial charge is 0.477 e. The van der Waals surface area contributed by atoms with Crippen molar-refractivity contribution >= 4 is 27.5 Å². The molecule has 0 aliphatic carbocycles. The Bertz CT molecular complexity index is 478. The van der Waals surface area contributed by atoms with Crippen LogP contribution in [0.4, 0.5) is 0 Å². The minimum absolute atomic E-state index is 0.190. The molecule has 1 N–H and O–H groups in total. The topological polar surface area (TPSA) is 54.6 Å². The Balaban J connectivity index is 2.88. The molecule has 2 aromatic rings. The molecular weight excluding hydrogens is 236 g/mol. The van der Waals surface area contributed by atoms with Crippen LogP contribution in [0, 0.1) is 0 Å². The summed E-state index contributed by atoms with van der Waals surface area (Å²) in [6.45, 7) is 0. The SMILES string of the molecule is O=C(O)c1c(Br)ccc2nccn12. The number of pyridine rings is 1. The molecule has 4 nitrogen and oxygen atoms in total. The van der Waals surface area contributed by atoms with E-state index in [1.165, 1.54) is 4.40 Å². The van der Waals surface area contributed by atoms with Crippen molar-refractivity contribution in [3.63, 3.8) is 0 Å². The van der Waals surface area contributed by atoms with E-state index in [1.807, 2.05) is 0 Å². The van der Waals surface area contributed by atoms with Gasteiger partial charge in [-0.15, -0.1) is 0 Å². The summed E-state index contributed by atoms with van der Waals surface area (Å²) in [5.41, 5.74) is 0.815. The van der Waals surface area contributed by atoms with Gasteiger partial charge in [-0.05, 0) is 28.1 Å². The van der Waals surface area contributed by atoms with Crippen molar-refractivity contribution in [3.05, 3.63) is 34.7 Å². The van der Waals surface area contributed by atoms with E-state index < -0.39 is 5.97 Å². The third kappa shape index (κ3) is 1.21. The first-order chi connectivity index (χ1) is 6.20.